The maximum absolute atomic E-state index is 11.5. The number of hydrogen-bond acceptors (Lipinski definition) is 4. The maximum atomic E-state index is 11.5. The lowest BCUT2D eigenvalue weighted by atomic mass is 9.99. The van der Waals surface area contributed by atoms with Crippen LogP contribution >= 0.6 is 35.6 Å². The second-order valence-electron chi connectivity index (χ2n) is 7.07. The van der Waals surface area contributed by atoms with Crippen LogP contribution in [0.4, 0.5) is 5.69 Å². The fourth-order valence-corrected chi connectivity index (χ4v) is 5.25. The highest BCUT2D eigenvalue weighted by molar-refractivity contribution is 14.0. The Morgan fingerprint density at radius 1 is 1.11 bits per heavy atom. The van der Waals surface area contributed by atoms with Gasteiger partial charge in [0.15, 0.2) is 5.96 Å². The topological polar surface area (TPSA) is 79.0 Å². The molecular weight excluding hydrogens is 499 g/mol. The van der Waals surface area contributed by atoms with E-state index in [-0.39, 0.29) is 24.0 Å². The first kappa shape index (κ1) is 22.5. The van der Waals surface area contributed by atoms with Gasteiger partial charge in [0.2, 0.25) is 0 Å². The van der Waals surface area contributed by atoms with Crippen LogP contribution in [0, 0.1) is 5.92 Å². The number of anilines is 1. The Hall–Kier alpha value is -0.740. The standard InChI is InChI=1S/C18H27ClN4O2S.HI/c19-16-1-3-17(4-2-16)22-9-11-23(12-10-22)18(20)21-8-5-15-6-13-26(24,25)14-7-15;/h1-4,15H,5-14H2,(H2,20,21);1H. The summed E-state index contributed by atoms with van der Waals surface area (Å²) < 4.78 is 22.9. The van der Waals surface area contributed by atoms with Gasteiger partial charge in [-0.3, -0.25) is 4.99 Å². The van der Waals surface area contributed by atoms with Gasteiger partial charge in [-0.25, -0.2) is 8.42 Å². The molecule has 2 N–H and O–H groups in total. The molecule has 2 aliphatic heterocycles. The highest BCUT2D eigenvalue weighted by atomic mass is 127. The van der Waals surface area contributed by atoms with Gasteiger partial charge in [0.1, 0.15) is 9.84 Å². The van der Waals surface area contributed by atoms with Crippen molar-refractivity contribution in [1.82, 2.24) is 4.90 Å². The number of guanidine groups is 1. The molecule has 1 aromatic rings. The van der Waals surface area contributed by atoms with E-state index in [1.165, 1.54) is 5.69 Å². The smallest absolute Gasteiger partial charge is 0.191 e. The zero-order valence-corrected chi connectivity index (χ0v) is 19.3. The molecule has 2 saturated heterocycles. The van der Waals surface area contributed by atoms with Crippen LogP contribution in [0.25, 0.3) is 0 Å². The van der Waals surface area contributed by atoms with Crippen molar-refractivity contribution in [2.45, 2.75) is 19.3 Å². The van der Waals surface area contributed by atoms with E-state index < -0.39 is 9.84 Å². The molecule has 0 bridgehead atoms. The molecule has 6 nitrogen and oxygen atoms in total. The molecular formula is C18H28ClIN4O2S. The highest BCUT2D eigenvalue weighted by Crippen LogP contribution is 2.22. The second kappa shape index (κ2) is 10.2. The first-order valence-corrected chi connectivity index (χ1v) is 11.4. The molecule has 0 atom stereocenters. The first-order chi connectivity index (χ1) is 12.4. The first-order valence-electron chi connectivity index (χ1n) is 9.19. The van der Waals surface area contributed by atoms with E-state index in [0.29, 0.717) is 29.9 Å². The molecule has 0 radical (unpaired) electrons. The summed E-state index contributed by atoms with van der Waals surface area (Å²) in [7, 11) is -2.79. The average Bonchev–Trinajstić information content (AvgIpc) is 2.64. The van der Waals surface area contributed by atoms with Crippen molar-refractivity contribution in [3.63, 3.8) is 0 Å². The summed E-state index contributed by atoms with van der Waals surface area (Å²) >= 11 is 5.95. The van der Waals surface area contributed by atoms with Crippen LogP contribution in [0.3, 0.4) is 0 Å². The summed E-state index contributed by atoms with van der Waals surface area (Å²) in [5.41, 5.74) is 7.33. The minimum atomic E-state index is -2.79. The maximum Gasteiger partial charge on any atom is 0.191 e. The van der Waals surface area contributed by atoms with Gasteiger partial charge >= 0.3 is 0 Å². The molecule has 0 spiro atoms. The van der Waals surface area contributed by atoms with Crippen LogP contribution in [-0.4, -0.2) is 63.5 Å². The molecule has 2 fully saturated rings. The van der Waals surface area contributed by atoms with Crippen LogP contribution in [0.5, 0.6) is 0 Å². The zero-order chi connectivity index (χ0) is 18.6. The SMILES string of the molecule is I.NC(=NCCC1CCS(=O)(=O)CC1)N1CCN(c2ccc(Cl)cc2)CC1. The fourth-order valence-electron chi connectivity index (χ4n) is 3.53. The Bertz CT molecular complexity index is 720. The van der Waals surface area contributed by atoms with Crippen molar-refractivity contribution in [3.8, 4) is 0 Å². The fraction of sp³-hybridized carbons (Fsp3) is 0.611. The van der Waals surface area contributed by atoms with Gasteiger partial charge in [0, 0.05) is 43.4 Å². The van der Waals surface area contributed by atoms with Crippen LogP contribution < -0.4 is 10.6 Å². The van der Waals surface area contributed by atoms with E-state index in [9.17, 15) is 8.42 Å². The van der Waals surface area contributed by atoms with Crippen LogP contribution in [-0.2, 0) is 9.84 Å². The van der Waals surface area contributed by atoms with Crippen LogP contribution in [0.1, 0.15) is 19.3 Å². The molecule has 0 amide bonds. The minimum absolute atomic E-state index is 0. The Kier molecular flexibility index (Phi) is 8.48. The molecule has 0 saturated carbocycles. The van der Waals surface area contributed by atoms with E-state index in [0.717, 1.165) is 50.5 Å². The predicted octanol–water partition coefficient (Wildman–Crippen LogP) is 2.61. The van der Waals surface area contributed by atoms with Gasteiger partial charge in [-0.15, -0.1) is 24.0 Å². The number of hydrogen-bond donors (Lipinski definition) is 1. The van der Waals surface area contributed by atoms with Crippen LogP contribution in [0.2, 0.25) is 5.02 Å². The Labute approximate surface area is 184 Å². The van der Waals surface area contributed by atoms with Gasteiger partial charge in [-0.2, -0.15) is 0 Å². The molecule has 9 heteroatoms. The molecule has 27 heavy (non-hydrogen) atoms. The van der Waals surface area contributed by atoms with Crippen molar-refractivity contribution in [2.24, 2.45) is 16.6 Å². The molecule has 2 heterocycles. The van der Waals surface area contributed by atoms with E-state index in [4.69, 9.17) is 17.3 Å². The van der Waals surface area contributed by atoms with E-state index in [1.807, 2.05) is 24.3 Å². The van der Waals surface area contributed by atoms with Crippen molar-refractivity contribution < 1.29 is 8.42 Å². The number of aliphatic imine (C=N–C) groups is 1. The summed E-state index contributed by atoms with van der Waals surface area (Å²) in [6.07, 6.45) is 2.44. The molecule has 1 aromatic carbocycles. The van der Waals surface area contributed by atoms with E-state index in [2.05, 4.69) is 14.8 Å². The number of piperazine rings is 1. The number of halogens is 2. The molecule has 0 aliphatic carbocycles. The van der Waals surface area contributed by atoms with Crippen LogP contribution in [0.15, 0.2) is 29.3 Å². The Morgan fingerprint density at radius 3 is 2.30 bits per heavy atom. The number of rotatable bonds is 4. The van der Waals surface area contributed by atoms with Gasteiger partial charge in [0.25, 0.3) is 0 Å². The Balaban J connectivity index is 0.00000261. The highest BCUT2D eigenvalue weighted by Gasteiger charge is 2.23. The summed E-state index contributed by atoms with van der Waals surface area (Å²) in [6, 6.07) is 7.91. The molecule has 3 rings (SSSR count). The quantitative estimate of drug-likeness (QED) is 0.371. The third kappa shape index (κ3) is 6.67. The van der Waals surface area contributed by atoms with Crippen molar-refractivity contribution in [1.29, 1.82) is 0 Å². The van der Waals surface area contributed by atoms with E-state index in [1.54, 1.807) is 0 Å². The second-order valence-corrected chi connectivity index (χ2v) is 9.81. The summed E-state index contributed by atoms with van der Waals surface area (Å²) in [5, 5.41) is 0.749. The lowest BCUT2D eigenvalue weighted by Gasteiger charge is -2.36. The lowest BCUT2D eigenvalue weighted by molar-refractivity contribution is 0.379. The van der Waals surface area contributed by atoms with Gasteiger partial charge in [0.05, 0.1) is 11.5 Å². The van der Waals surface area contributed by atoms with Gasteiger partial charge < -0.3 is 15.5 Å². The summed E-state index contributed by atoms with van der Waals surface area (Å²) in [4.78, 5) is 8.97. The molecule has 0 aromatic heterocycles. The number of nitrogens with zero attached hydrogens (tertiary/aromatic N) is 3. The third-order valence-electron chi connectivity index (χ3n) is 5.28. The van der Waals surface area contributed by atoms with Crippen molar-refractivity contribution in [3.05, 3.63) is 29.3 Å². The van der Waals surface area contributed by atoms with Gasteiger partial charge in [-0.05, 0) is 49.4 Å². The number of nitrogens with two attached hydrogens (primary N) is 1. The largest absolute Gasteiger partial charge is 0.370 e. The van der Waals surface area contributed by atoms with E-state index >= 15 is 0 Å². The average molecular weight is 527 g/mol. The Morgan fingerprint density at radius 2 is 1.70 bits per heavy atom. The molecule has 2 aliphatic rings. The number of benzene rings is 1. The predicted molar refractivity (Wildman–Crippen MR) is 123 cm³/mol. The minimum Gasteiger partial charge on any atom is -0.370 e. The molecule has 0 unspecified atom stereocenters. The zero-order valence-electron chi connectivity index (χ0n) is 15.4. The van der Waals surface area contributed by atoms with Gasteiger partial charge in [-0.1, -0.05) is 11.6 Å². The van der Waals surface area contributed by atoms with Crippen molar-refractivity contribution >= 4 is 57.1 Å². The molecule has 152 valence electrons. The number of sulfone groups is 1. The third-order valence-corrected chi connectivity index (χ3v) is 7.25. The summed E-state index contributed by atoms with van der Waals surface area (Å²) in [5.74, 6) is 1.70. The lowest BCUT2D eigenvalue weighted by Crippen LogP contribution is -2.51. The summed E-state index contributed by atoms with van der Waals surface area (Å²) in [6.45, 7) is 4.17. The van der Waals surface area contributed by atoms with Crippen molar-refractivity contribution in [2.75, 3.05) is 49.1 Å². The normalized spacial score (nSPS) is 21.0. The monoisotopic (exact) mass is 526 g/mol.